The summed E-state index contributed by atoms with van der Waals surface area (Å²) in [5.74, 6) is 2.85. The average molecular weight is 425 g/mol. The monoisotopic (exact) mass is 424 g/mol. The Kier molecular flexibility index (Phi) is 10.5. The fourth-order valence-electron chi connectivity index (χ4n) is 6.60. The smallest absolute Gasteiger partial charge is 0.0162 e. The van der Waals surface area contributed by atoms with Crippen molar-refractivity contribution in [2.45, 2.75) is 142 Å². The zero-order chi connectivity index (χ0) is 21.9. The molecule has 0 bridgehead atoms. The lowest BCUT2D eigenvalue weighted by atomic mass is 9.68. The fourth-order valence-corrected chi connectivity index (χ4v) is 6.60. The first-order valence-electron chi connectivity index (χ1n) is 14.2. The Bertz CT molecular complexity index is 581. The maximum absolute atomic E-state index is 2.57. The molecule has 0 atom stereocenters. The molecule has 31 heavy (non-hydrogen) atoms. The summed E-state index contributed by atoms with van der Waals surface area (Å²) in [6.07, 6.45) is 25.8. The fraction of sp³-hybridized carbons (Fsp3) is 0.806. The van der Waals surface area contributed by atoms with Gasteiger partial charge in [0, 0.05) is 0 Å². The second kappa shape index (κ2) is 13.1. The molecule has 0 spiro atoms. The largest absolute Gasteiger partial charge is 0.0654 e. The van der Waals surface area contributed by atoms with E-state index in [-0.39, 0.29) is 0 Å². The Morgan fingerprint density at radius 2 is 1.32 bits per heavy atom. The Hall–Kier alpha value is -0.780. The Morgan fingerprint density at radius 1 is 0.710 bits per heavy atom. The van der Waals surface area contributed by atoms with Crippen molar-refractivity contribution < 1.29 is 0 Å². The molecular weight excluding hydrogens is 372 g/mol. The molecule has 0 unspecified atom stereocenters. The van der Waals surface area contributed by atoms with Crippen LogP contribution < -0.4 is 0 Å². The molecule has 2 aliphatic carbocycles. The zero-order valence-corrected chi connectivity index (χ0v) is 21.3. The average Bonchev–Trinajstić information content (AvgIpc) is 2.80. The quantitative estimate of drug-likeness (QED) is 0.293. The molecule has 0 aliphatic heterocycles. The third kappa shape index (κ3) is 8.25. The molecule has 2 saturated carbocycles. The minimum atomic E-state index is 0.624. The molecule has 176 valence electrons. The molecule has 0 heterocycles. The van der Waals surface area contributed by atoms with Crippen LogP contribution >= 0.6 is 0 Å². The van der Waals surface area contributed by atoms with Gasteiger partial charge in [0.1, 0.15) is 0 Å². The molecule has 0 nitrogen and oxygen atoms in total. The van der Waals surface area contributed by atoms with Gasteiger partial charge in [-0.1, -0.05) is 116 Å². The highest BCUT2D eigenvalue weighted by Gasteiger charge is 2.31. The molecule has 1 aromatic rings. The first kappa shape index (κ1) is 24.9. The third-order valence-electron chi connectivity index (χ3n) is 9.03. The lowest BCUT2D eigenvalue weighted by molar-refractivity contribution is 0.177. The van der Waals surface area contributed by atoms with E-state index in [9.17, 15) is 0 Å². The SMILES string of the molecule is CCCCCCCC1(C)CCC(c2ccc(CCC3CCC(CCC)CC3)cc2)CC1. The number of benzene rings is 1. The number of rotatable bonds is 12. The first-order chi connectivity index (χ1) is 15.1. The van der Waals surface area contributed by atoms with E-state index >= 15 is 0 Å². The summed E-state index contributed by atoms with van der Waals surface area (Å²) >= 11 is 0. The molecular formula is C31H52. The highest BCUT2D eigenvalue weighted by Crippen LogP contribution is 2.45. The number of hydrogen-bond acceptors (Lipinski definition) is 0. The molecule has 0 N–H and O–H groups in total. The third-order valence-corrected chi connectivity index (χ3v) is 9.03. The highest BCUT2D eigenvalue weighted by molar-refractivity contribution is 5.26. The number of unbranched alkanes of at least 4 members (excludes halogenated alkanes) is 4. The van der Waals surface area contributed by atoms with Crippen molar-refractivity contribution >= 4 is 0 Å². The van der Waals surface area contributed by atoms with Gasteiger partial charge in [-0.25, -0.2) is 0 Å². The molecule has 2 aliphatic rings. The van der Waals surface area contributed by atoms with Crippen molar-refractivity contribution in [1.29, 1.82) is 0 Å². The Balaban J connectivity index is 1.36. The van der Waals surface area contributed by atoms with Crippen LogP contribution in [0.2, 0.25) is 0 Å². The van der Waals surface area contributed by atoms with Gasteiger partial charge < -0.3 is 0 Å². The number of hydrogen-bond donors (Lipinski definition) is 0. The standard InChI is InChI=1S/C31H52/c1-4-6-7-8-9-23-31(3)24-21-30(22-25-31)29-19-17-28(18-20-29)16-15-27-13-11-26(10-5-2)12-14-27/h17-20,26-27,30H,4-16,21-25H2,1-3H3. The van der Waals surface area contributed by atoms with Crippen molar-refractivity contribution in [2.24, 2.45) is 17.3 Å². The Morgan fingerprint density at radius 3 is 1.94 bits per heavy atom. The van der Waals surface area contributed by atoms with Crippen molar-refractivity contribution in [3.8, 4) is 0 Å². The van der Waals surface area contributed by atoms with Gasteiger partial charge in [0.15, 0.2) is 0 Å². The van der Waals surface area contributed by atoms with Gasteiger partial charge in [-0.3, -0.25) is 0 Å². The van der Waals surface area contributed by atoms with Gasteiger partial charge in [0.25, 0.3) is 0 Å². The van der Waals surface area contributed by atoms with E-state index in [2.05, 4.69) is 45.0 Å². The molecule has 0 amide bonds. The van der Waals surface area contributed by atoms with Gasteiger partial charge in [0.2, 0.25) is 0 Å². The molecule has 0 aromatic heterocycles. The summed E-state index contributed by atoms with van der Waals surface area (Å²) in [5, 5.41) is 0. The van der Waals surface area contributed by atoms with Crippen LogP contribution in [0.15, 0.2) is 24.3 Å². The summed E-state index contributed by atoms with van der Waals surface area (Å²) in [4.78, 5) is 0. The van der Waals surface area contributed by atoms with Crippen LogP contribution in [0.5, 0.6) is 0 Å². The predicted molar refractivity (Wildman–Crippen MR) is 138 cm³/mol. The van der Waals surface area contributed by atoms with Gasteiger partial charge in [0.05, 0.1) is 0 Å². The van der Waals surface area contributed by atoms with Crippen molar-refractivity contribution in [2.75, 3.05) is 0 Å². The summed E-state index contributed by atoms with van der Waals surface area (Å²) in [5.41, 5.74) is 3.82. The van der Waals surface area contributed by atoms with E-state index in [0.29, 0.717) is 5.41 Å². The highest BCUT2D eigenvalue weighted by atomic mass is 14.4. The van der Waals surface area contributed by atoms with Crippen LogP contribution in [0.3, 0.4) is 0 Å². The maximum atomic E-state index is 2.57. The van der Waals surface area contributed by atoms with Gasteiger partial charge in [-0.2, -0.15) is 0 Å². The minimum absolute atomic E-state index is 0.624. The normalized spacial score (nSPS) is 29.2. The van der Waals surface area contributed by atoms with E-state index < -0.39 is 0 Å². The number of aryl methyl sites for hydroxylation is 1. The second-order valence-corrected chi connectivity index (χ2v) is 11.7. The zero-order valence-electron chi connectivity index (χ0n) is 21.3. The van der Waals surface area contributed by atoms with Crippen LogP contribution in [-0.2, 0) is 6.42 Å². The molecule has 0 radical (unpaired) electrons. The topological polar surface area (TPSA) is 0 Å². The second-order valence-electron chi connectivity index (χ2n) is 11.7. The van der Waals surface area contributed by atoms with Crippen molar-refractivity contribution in [3.63, 3.8) is 0 Å². The minimum Gasteiger partial charge on any atom is -0.0654 e. The maximum Gasteiger partial charge on any atom is -0.0162 e. The Labute approximate surface area is 195 Å². The molecule has 2 fully saturated rings. The van der Waals surface area contributed by atoms with Gasteiger partial charge >= 0.3 is 0 Å². The van der Waals surface area contributed by atoms with Gasteiger partial charge in [-0.05, 0) is 79.2 Å². The first-order valence-corrected chi connectivity index (χ1v) is 14.2. The predicted octanol–water partition coefficient (Wildman–Crippen LogP) is 10.3. The van der Waals surface area contributed by atoms with Crippen LogP contribution in [0.4, 0.5) is 0 Å². The van der Waals surface area contributed by atoms with Crippen LogP contribution in [0.25, 0.3) is 0 Å². The lowest BCUT2D eigenvalue weighted by Crippen LogP contribution is -2.23. The molecule has 3 rings (SSSR count). The van der Waals surface area contributed by atoms with Crippen LogP contribution in [0.1, 0.15) is 147 Å². The van der Waals surface area contributed by atoms with Crippen LogP contribution in [-0.4, -0.2) is 0 Å². The summed E-state index contributed by atoms with van der Waals surface area (Å²) in [6, 6.07) is 9.87. The van der Waals surface area contributed by atoms with E-state index in [0.717, 1.165) is 17.8 Å². The van der Waals surface area contributed by atoms with E-state index in [4.69, 9.17) is 0 Å². The van der Waals surface area contributed by atoms with Gasteiger partial charge in [-0.15, -0.1) is 0 Å². The summed E-state index contributed by atoms with van der Waals surface area (Å²) in [6.45, 7) is 7.23. The van der Waals surface area contributed by atoms with Crippen LogP contribution in [0, 0.1) is 17.3 Å². The molecule has 0 saturated heterocycles. The molecule has 1 aromatic carbocycles. The van der Waals surface area contributed by atoms with E-state index in [1.54, 1.807) is 11.1 Å². The van der Waals surface area contributed by atoms with Crippen molar-refractivity contribution in [3.05, 3.63) is 35.4 Å². The lowest BCUT2D eigenvalue weighted by Gasteiger charge is -2.38. The molecule has 0 heteroatoms. The summed E-state index contributed by atoms with van der Waals surface area (Å²) in [7, 11) is 0. The van der Waals surface area contributed by atoms with Crippen molar-refractivity contribution in [1.82, 2.24) is 0 Å². The van der Waals surface area contributed by atoms with E-state index in [1.165, 1.54) is 116 Å². The van der Waals surface area contributed by atoms with E-state index in [1.807, 2.05) is 0 Å². The summed E-state index contributed by atoms with van der Waals surface area (Å²) < 4.78 is 0.